The highest BCUT2D eigenvalue weighted by Crippen LogP contribution is 2.17. The number of hydrogen-bond donors (Lipinski definition) is 0. The summed E-state index contributed by atoms with van der Waals surface area (Å²) >= 11 is 0. The van der Waals surface area contributed by atoms with Gasteiger partial charge in [-0.2, -0.15) is 0 Å². The highest BCUT2D eigenvalue weighted by molar-refractivity contribution is 5.95. The van der Waals surface area contributed by atoms with E-state index in [0.29, 0.717) is 38.9 Å². The molecule has 2 heterocycles. The zero-order chi connectivity index (χ0) is 35.5. The van der Waals surface area contributed by atoms with Crippen LogP contribution in [0.25, 0.3) is 10.4 Å². The topological polar surface area (TPSA) is 110 Å². The van der Waals surface area contributed by atoms with Crippen molar-refractivity contribution in [2.45, 2.75) is 129 Å². The van der Waals surface area contributed by atoms with Gasteiger partial charge in [0.05, 0.1) is 13.2 Å². The van der Waals surface area contributed by atoms with E-state index in [1.165, 1.54) is 64.2 Å². The zero-order valence-corrected chi connectivity index (χ0v) is 31.1. The lowest BCUT2D eigenvalue weighted by Crippen LogP contribution is -2.17. The van der Waals surface area contributed by atoms with Crippen LogP contribution in [0.2, 0.25) is 0 Å². The molecule has 2 aromatic carbocycles. The number of rotatable bonds is 25. The van der Waals surface area contributed by atoms with E-state index in [2.05, 4.69) is 40.8 Å². The van der Waals surface area contributed by atoms with Gasteiger partial charge in [-0.3, -0.25) is 0 Å². The molecule has 0 amide bonds. The number of azide groups is 1. The van der Waals surface area contributed by atoms with Crippen LogP contribution in [0.1, 0.15) is 122 Å². The minimum Gasteiger partial charge on any atom is -0.475 e. The van der Waals surface area contributed by atoms with Gasteiger partial charge in [-0.05, 0) is 55.0 Å². The van der Waals surface area contributed by atoms with Crippen LogP contribution < -0.4 is 0 Å². The molecule has 0 saturated carbocycles. The summed E-state index contributed by atoms with van der Waals surface area (Å²) < 4.78 is 22.9. The van der Waals surface area contributed by atoms with Crippen molar-refractivity contribution in [1.29, 1.82) is 0 Å². The summed E-state index contributed by atoms with van der Waals surface area (Å²) in [5.74, 6) is 2.21. The van der Waals surface area contributed by atoms with Crippen molar-refractivity contribution >= 4 is 11.8 Å². The maximum atomic E-state index is 8.73. The predicted octanol–water partition coefficient (Wildman–Crippen LogP) is 10.5. The standard InChI is InChI=1S/C21H33NO2.C20H30N4O2/c1-3-4-5-6-8-11-18(2)14-15-23-16-20-17-24-21(22-20)19-12-9-7-10-13-19;1-2-3-4-5-9-12-18(23-24-21)13-14-25-15-19-16-26-20(22-19)17-10-7-6-8-11-17/h7,9-10,12-13,18,20H,3-6,8,11,14-17H2,1-2H3;6-8,10-11,18-19H,2-5,9,12-16H2,1H3/t18-,20-;18?,19-/m11/s1. The van der Waals surface area contributed by atoms with Gasteiger partial charge in [0.2, 0.25) is 11.8 Å². The number of ether oxygens (including phenoxy) is 4. The Bertz CT molecular complexity index is 1250. The van der Waals surface area contributed by atoms with Crippen molar-refractivity contribution < 1.29 is 18.9 Å². The second kappa shape index (κ2) is 26.4. The minimum absolute atomic E-state index is 0.0323. The van der Waals surface area contributed by atoms with Crippen LogP contribution in [0, 0.1) is 5.92 Å². The highest BCUT2D eigenvalue weighted by atomic mass is 16.5. The van der Waals surface area contributed by atoms with Crippen molar-refractivity contribution in [2.24, 2.45) is 21.0 Å². The first-order valence-corrected chi connectivity index (χ1v) is 19.3. The Morgan fingerprint density at radius 3 is 1.66 bits per heavy atom. The Morgan fingerprint density at radius 1 is 0.680 bits per heavy atom. The Morgan fingerprint density at radius 2 is 1.16 bits per heavy atom. The fourth-order valence-corrected chi connectivity index (χ4v) is 5.98. The molecule has 0 spiro atoms. The molecule has 2 aromatic rings. The van der Waals surface area contributed by atoms with Crippen molar-refractivity contribution in [3.05, 3.63) is 82.2 Å². The summed E-state index contributed by atoms with van der Waals surface area (Å²) in [6.07, 6.45) is 17.1. The second-order valence-electron chi connectivity index (χ2n) is 13.6. The molecule has 276 valence electrons. The summed E-state index contributed by atoms with van der Waals surface area (Å²) in [5, 5.41) is 3.91. The molecule has 9 heteroatoms. The molecule has 2 aliphatic rings. The van der Waals surface area contributed by atoms with Crippen LogP contribution in [0.15, 0.2) is 75.8 Å². The monoisotopic (exact) mass is 689 g/mol. The molecule has 4 rings (SSSR count). The third-order valence-electron chi connectivity index (χ3n) is 9.09. The molecular formula is C41H63N5O4. The third kappa shape index (κ3) is 17.5. The SMILES string of the molecule is CCCCCCCC(CCOC[C@@H]1COC(c2ccccc2)=N1)N=[N+]=[N-].CCCCCCC[C@@H](C)CCOC[C@@H]1COC(c2ccccc2)=N1. The summed E-state index contributed by atoms with van der Waals surface area (Å²) in [6, 6.07) is 20.2. The quantitative estimate of drug-likeness (QED) is 0.0447. The van der Waals surface area contributed by atoms with Crippen LogP contribution in [-0.4, -0.2) is 69.6 Å². The molecule has 0 saturated heterocycles. The van der Waals surface area contributed by atoms with Crippen molar-refractivity contribution in [2.75, 3.05) is 39.6 Å². The molecule has 0 fully saturated rings. The molecule has 0 radical (unpaired) electrons. The maximum absolute atomic E-state index is 8.73. The van der Waals surface area contributed by atoms with Crippen LogP contribution >= 0.6 is 0 Å². The maximum Gasteiger partial charge on any atom is 0.216 e. The number of hydrogen-bond acceptors (Lipinski definition) is 7. The number of aliphatic imine (C=N–C) groups is 2. The smallest absolute Gasteiger partial charge is 0.216 e. The van der Waals surface area contributed by atoms with E-state index in [9.17, 15) is 0 Å². The van der Waals surface area contributed by atoms with E-state index in [0.717, 1.165) is 55.2 Å². The molecule has 2 aliphatic heterocycles. The van der Waals surface area contributed by atoms with Gasteiger partial charge in [0, 0.05) is 35.3 Å². The molecule has 0 aromatic heterocycles. The highest BCUT2D eigenvalue weighted by Gasteiger charge is 2.21. The summed E-state index contributed by atoms with van der Waals surface area (Å²) in [5.41, 5.74) is 10.8. The lowest BCUT2D eigenvalue weighted by atomic mass is 9.99. The van der Waals surface area contributed by atoms with Gasteiger partial charge in [-0.1, -0.05) is 133 Å². The third-order valence-corrected chi connectivity index (χ3v) is 9.09. The second-order valence-corrected chi connectivity index (χ2v) is 13.6. The summed E-state index contributed by atoms with van der Waals surface area (Å²) in [7, 11) is 0. The Balaban J connectivity index is 0.000000271. The van der Waals surface area contributed by atoms with E-state index >= 15 is 0 Å². The first-order valence-electron chi connectivity index (χ1n) is 19.3. The average Bonchev–Trinajstić information content (AvgIpc) is 3.83. The average molecular weight is 690 g/mol. The predicted molar refractivity (Wildman–Crippen MR) is 205 cm³/mol. The van der Waals surface area contributed by atoms with E-state index in [4.69, 9.17) is 24.5 Å². The van der Waals surface area contributed by atoms with Gasteiger partial charge < -0.3 is 18.9 Å². The van der Waals surface area contributed by atoms with E-state index < -0.39 is 0 Å². The Hall–Kier alpha value is -3.39. The molecule has 0 N–H and O–H groups in total. The first-order chi connectivity index (χ1) is 24.6. The van der Waals surface area contributed by atoms with Crippen molar-refractivity contribution in [3.8, 4) is 0 Å². The molecule has 1 unspecified atom stereocenters. The number of unbranched alkanes of at least 4 members (excludes halogenated alkanes) is 8. The molecule has 4 atom stereocenters. The molecule has 50 heavy (non-hydrogen) atoms. The van der Waals surface area contributed by atoms with Crippen LogP contribution in [0.5, 0.6) is 0 Å². The number of benzene rings is 2. The normalized spacial score (nSPS) is 17.7. The van der Waals surface area contributed by atoms with E-state index in [-0.39, 0.29) is 18.1 Å². The number of nitrogens with zero attached hydrogens (tertiary/aromatic N) is 5. The van der Waals surface area contributed by atoms with Crippen LogP contribution in [-0.2, 0) is 18.9 Å². The first kappa shape index (κ1) is 41.0. The summed E-state index contributed by atoms with van der Waals surface area (Å²) in [6.45, 7) is 10.6. The van der Waals surface area contributed by atoms with Crippen molar-refractivity contribution in [1.82, 2.24) is 0 Å². The molecule has 0 bridgehead atoms. The van der Waals surface area contributed by atoms with Gasteiger partial charge in [0.25, 0.3) is 0 Å². The fourth-order valence-electron chi connectivity index (χ4n) is 5.98. The van der Waals surface area contributed by atoms with Crippen LogP contribution in [0.4, 0.5) is 0 Å². The summed E-state index contributed by atoms with van der Waals surface area (Å²) in [4.78, 5) is 12.2. The van der Waals surface area contributed by atoms with Gasteiger partial charge in [-0.25, -0.2) is 9.98 Å². The van der Waals surface area contributed by atoms with Gasteiger partial charge in [0.1, 0.15) is 25.3 Å². The van der Waals surface area contributed by atoms with Crippen molar-refractivity contribution in [3.63, 3.8) is 0 Å². The molecule has 0 aliphatic carbocycles. The minimum atomic E-state index is 0.0323. The van der Waals surface area contributed by atoms with Gasteiger partial charge in [0.15, 0.2) is 0 Å². The van der Waals surface area contributed by atoms with Crippen LogP contribution in [0.3, 0.4) is 0 Å². The molecular weight excluding hydrogens is 626 g/mol. The van der Waals surface area contributed by atoms with Gasteiger partial charge in [-0.15, -0.1) is 0 Å². The Labute approximate surface area is 301 Å². The van der Waals surface area contributed by atoms with E-state index in [1.54, 1.807) is 0 Å². The van der Waals surface area contributed by atoms with Gasteiger partial charge >= 0.3 is 0 Å². The largest absolute Gasteiger partial charge is 0.475 e. The lowest BCUT2D eigenvalue weighted by Gasteiger charge is -2.12. The lowest BCUT2D eigenvalue weighted by molar-refractivity contribution is 0.101. The zero-order valence-electron chi connectivity index (χ0n) is 31.1. The molecule has 9 nitrogen and oxygen atoms in total. The Kier molecular flexibility index (Phi) is 21.7. The van der Waals surface area contributed by atoms with E-state index in [1.807, 2.05) is 60.7 Å². The fraction of sp³-hybridized carbons (Fsp3) is 0.659.